The van der Waals surface area contributed by atoms with Crippen LogP contribution in [0.4, 0.5) is 0 Å². The molecule has 0 unspecified atom stereocenters. The first-order chi connectivity index (χ1) is 21.6. The number of allylic oxidation sites excluding steroid dienone is 1. The average molecular weight is 781 g/mol. The third-order valence-corrected chi connectivity index (χ3v) is 8.41. The van der Waals surface area contributed by atoms with Gasteiger partial charge in [-0.1, -0.05) is 62.1 Å². The van der Waals surface area contributed by atoms with Crippen molar-refractivity contribution in [2.75, 3.05) is 0 Å². The van der Waals surface area contributed by atoms with Gasteiger partial charge in [-0.3, -0.25) is 4.98 Å². The molecule has 0 aliphatic carbocycles. The Bertz CT molecular complexity index is 2200. The first kappa shape index (κ1) is 31.6. The van der Waals surface area contributed by atoms with Gasteiger partial charge in [0, 0.05) is 37.4 Å². The van der Waals surface area contributed by atoms with Crippen molar-refractivity contribution in [3.63, 3.8) is 0 Å². The van der Waals surface area contributed by atoms with Crippen molar-refractivity contribution in [3.05, 3.63) is 120 Å². The molecule has 0 fully saturated rings. The van der Waals surface area contributed by atoms with Crippen molar-refractivity contribution in [1.29, 1.82) is 0 Å². The van der Waals surface area contributed by atoms with Crippen LogP contribution in [-0.2, 0) is 25.6 Å². The van der Waals surface area contributed by atoms with E-state index in [0.29, 0.717) is 5.71 Å². The van der Waals surface area contributed by atoms with Crippen LogP contribution >= 0.6 is 0 Å². The molecule has 0 saturated heterocycles. The second kappa shape index (κ2) is 12.1. The van der Waals surface area contributed by atoms with E-state index in [-0.39, 0.29) is 31.1 Å². The Morgan fingerprint density at radius 1 is 0.848 bits per heavy atom. The molecule has 7 aromatic rings. The summed E-state index contributed by atoms with van der Waals surface area (Å²) < 4.78 is 8.36. The summed E-state index contributed by atoms with van der Waals surface area (Å²) in [5.41, 5.74) is 10.3. The van der Waals surface area contributed by atoms with Gasteiger partial charge in [-0.15, -0.1) is 54.1 Å². The molecular formula is C40H36IrN4O-2. The van der Waals surface area contributed by atoms with Crippen LogP contribution in [0.15, 0.2) is 101 Å². The Labute approximate surface area is 283 Å². The normalized spacial score (nSPS) is 13.7. The average Bonchev–Trinajstić information content (AvgIpc) is 3.60. The summed E-state index contributed by atoms with van der Waals surface area (Å²) in [6.07, 6.45) is 5.22. The SMILES string of the molecule is CC(C)(C)CC1=Cc2cccc3nc(-c4[c-]cccc4)n(c23)C1(C)C.Cc1ccc2c(n1)oc1c(-c3ccccn3)[c-]ccc12.[Ir]. The number of pyridine rings is 2. The molecule has 0 bridgehead atoms. The number of rotatable bonds is 3. The van der Waals surface area contributed by atoms with Gasteiger partial charge in [0.15, 0.2) is 0 Å². The van der Waals surface area contributed by atoms with Gasteiger partial charge in [-0.05, 0) is 73.7 Å². The van der Waals surface area contributed by atoms with Gasteiger partial charge in [-0.25, -0.2) is 4.98 Å². The van der Waals surface area contributed by atoms with Crippen molar-refractivity contribution in [2.45, 2.75) is 53.5 Å². The van der Waals surface area contributed by atoms with Crippen molar-refractivity contribution in [2.24, 2.45) is 5.41 Å². The molecule has 4 aromatic heterocycles. The van der Waals surface area contributed by atoms with E-state index in [4.69, 9.17) is 9.40 Å². The van der Waals surface area contributed by atoms with Gasteiger partial charge < -0.3 is 14.0 Å². The predicted molar refractivity (Wildman–Crippen MR) is 184 cm³/mol. The number of fused-ring (bicyclic) bond motifs is 3. The van der Waals surface area contributed by atoms with Crippen molar-refractivity contribution < 1.29 is 24.5 Å². The molecule has 8 rings (SSSR count). The number of para-hydroxylation sites is 1. The number of furan rings is 1. The number of benzene rings is 3. The van der Waals surface area contributed by atoms with E-state index in [0.717, 1.165) is 56.6 Å². The smallest absolute Gasteiger partial charge is 0.216 e. The molecule has 1 radical (unpaired) electrons. The second-order valence-corrected chi connectivity index (χ2v) is 13.4. The summed E-state index contributed by atoms with van der Waals surface area (Å²) in [4.78, 5) is 13.8. The Morgan fingerprint density at radius 2 is 1.67 bits per heavy atom. The summed E-state index contributed by atoms with van der Waals surface area (Å²) in [6, 6.07) is 34.9. The maximum atomic E-state index is 5.94. The molecule has 0 spiro atoms. The van der Waals surface area contributed by atoms with E-state index in [2.05, 4.69) is 97.7 Å². The molecule has 0 N–H and O–H groups in total. The van der Waals surface area contributed by atoms with E-state index in [1.165, 1.54) is 16.7 Å². The van der Waals surface area contributed by atoms with Crippen molar-refractivity contribution in [1.82, 2.24) is 19.5 Å². The van der Waals surface area contributed by atoms with Crippen LogP contribution in [0.25, 0.3) is 61.8 Å². The molecule has 233 valence electrons. The van der Waals surface area contributed by atoms with Crippen LogP contribution in [0.3, 0.4) is 0 Å². The van der Waals surface area contributed by atoms with Crippen LogP contribution in [0.1, 0.15) is 52.3 Å². The maximum Gasteiger partial charge on any atom is 0.216 e. The van der Waals surface area contributed by atoms with Crippen LogP contribution in [-0.4, -0.2) is 19.5 Å². The van der Waals surface area contributed by atoms with Crippen LogP contribution in [0.5, 0.6) is 0 Å². The van der Waals surface area contributed by atoms with E-state index >= 15 is 0 Å². The van der Waals surface area contributed by atoms with Gasteiger partial charge in [-0.2, -0.15) is 0 Å². The zero-order chi connectivity index (χ0) is 31.3. The van der Waals surface area contributed by atoms with Crippen molar-refractivity contribution in [3.8, 4) is 22.6 Å². The number of hydrogen-bond acceptors (Lipinski definition) is 4. The van der Waals surface area contributed by atoms with Gasteiger partial charge in [0.25, 0.3) is 0 Å². The zero-order valence-corrected chi connectivity index (χ0v) is 29.4. The minimum absolute atomic E-state index is 0. The van der Waals surface area contributed by atoms with Gasteiger partial charge in [0.1, 0.15) is 0 Å². The van der Waals surface area contributed by atoms with E-state index in [9.17, 15) is 0 Å². The molecule has 6 heteroatoms. The van der Waals surface area contributed by atoms with E-state index in [1.807, 2.05) is 61.5 Å². The van der Waals surface area contributed by atoms with Gasteiger partial charge in [0.05, 0.1) is 28.0 Å². The second-order valence-electron chi connectivity index (χ2n) is 13.4. The first-order valence-electron chi connectivity index (χ1n) is 15.4. The molecule has 0 saturated carbocycles. The van der Waals surface area contributed by atoms with Crippen LogP contribution in [0, 0.1) is 24.5 Å². The first-order valence-corrected chi connectivity index (χ1v) is 15.4. The van der Waals surface area contributed by atoms with E-state index in [1.54, 1.807) is 6.20 Å². The minimum Gasteiger partial charge on any atom is -0.486 e. The van der Waals surface area contributed by atoms with Gasteiger partial charge in [0.2, 0.25) is 5.71 Å². The summed E-state index contributed by atoms with van der Waals surface area (Å²) >= 11 is 0. The standard InChI is InChI=1S/C23H25N2.C17H11N2O.Ir/c1-22(2,3)15-18-14-17-12-9-13-19-20(17)25(23(18,4)5)21(24-19)16-10-7-6-8-11-16;1-11-8-9-13-12-5-4-6-14(15-7-2-3-10-18-15)16(12)20-17(13)19-11;/h6-10,12-14H,15H2,1-5H3;2-5,7-10H,1H3;/q2*-1;. The van der Waals surface area contributed by atoms with Crippen LogP contribution < -0.4 is 0 Å². The Morgan fingerprint density at radius 3 is 2.41 bits per heavy atom. The van der Waals surface area contributed by atoms with E-state index < -0.39 is 0 Å². The summed E-state index contributed by atoms with van der Waals surface area (Å²) in [6.45, 7) is 13.5. The molecule has 1 aliphatic heterocycles. The number of aryl methyl sites for hydroxylation is 1. The summed E-state index contributed by atoms with van der Waals surface area (Å²) in [5.74, 6) is 1.01. The zero-order valence-electron chi connectivity index (χ0n) is 27.0. The summed E-state index contributed by atoms with van der Waals surface area (Å²) in [5, 5.41) is 2.07. The number of nitrogens with zero attached hydrogens (tertiary/aromatic N) is 4. The largest absolute Gasteiger partial charge is 0.486 e. The molecule has 0 atom stereocenters. The summed E-state index contributed by atoms with van der Waals surface area (Å²) in [7, 11) is 0. The molecule has 5 heterocycles. The third kappa shape index (κ3) is 5.72. The molecule has 46 heavy (non-hydrogen) atoms. The molecule has 3 aromatic carbocycles. The Hall–Kier alpha value is -4.38. The minimum atomic E-state index is -0.116. The number of aromatic nitrogens is 4. The quantitative estimate of drug-likeness (QED) is 0.168. The predicted octanol–water partition coefficient (Wildman–Crippen LogP) is 10.2. The number of imidazole rings is 1. The third-order valence-electron chi connectivity index (χ3n) is 8.41. The fourth-order valence-electron chi connectivity index (χ4n) is 6.29. The van der Waals surface area contributed by atoms with Gasteiger partial charge >= 0.3 is 0 Å². The maximum absolute atomic E-state index is 5.94. The monoisotopic (exact) mass is 781 g/mol. The van der Waals surface area contributed by atoms with Crippen LogP contribution in [0.2, 0.25) is 0 Å². The Kier molecular flexibility index (Phi) is 8.30. The number of hydrogen-bond donors (Lipinski definition) is 0. The molecule has 5 nitrogen and oxygen atoms in total. The Balaban J connectivity index is 0.000000162. The fourth-order valence-corrected chi connectivity index (χ4v) is 6.29. The topological polar surface area (TPSA) is 56.7 Å². The molecule has 1 aliphatic rings. The molecule has 0 amide bonds. The van der Waals surface area contributed by atoms with Crippen molar-refractivity contribution >= 4 is 39.2 Å². The molecular weight excluding hydrogens is 745 g/mol. The fraction of sp³-hybridized carbons (Fsp3) is 0.225.